The van der Waals surface area contributed by atoms with Crippen LogP contribution in [0.5, 0.6) is 0 Å². The lowest BCUT2D eigenvalue weighted by molar-refractivity contribution is 0.635. The maximum Gasteiger partial charge on any atom is 0.0726 e. The summed E-state index contributed by atoms with van der Waals surface area (Å²) in [5.41, 5.74) is 6.52. The summed E-state index contributed by atoms with van der Waals surface area (Å²) in [7, 11) is 0. The van der Waals surface area contributed by atoms with Gasteiger partial charge in [0.05, 0.1) is 16.1 Å². The van der Waals surface area contributed by atoms with Gasteiger partial charge < -0.3 is 0 Å². The van der Waals surface area contributed by atoms with Crippen LogP contribution in [0.2, 0.25) is 10.0 Å². The average molecular weight is 296 g/mol. The van der Waals surface area contributed by atoms with Crippen LogP contribution in [0.4, 0.5) is 0 Å². The Bertz CT molecular complexity index is 579. The first-order valence-electron chi connectivity index (χ1n) is 5.88. The Labute approximate surface area is 122 Å². The molecule has 1 heterocycles. The molecule has 0 aliphatic heterocycles. The minimum Gasteiger partial charge on any atom is -0.271 e. The Morgan fingerprint density at radius 2 is 1.79 bits per heavy atom. The third-order valence-electron chi connectivity index (χ3n) is 2.90. The van der Waals surface area contributed by atoms with Gasteiger partial charge in [-0.05, 0) is 43.2 Å². The van der Waals surface area contributed by atoms with Gasteiger partial charge in [0, 0.05) is 11.4 Å². The number of hydrazine groups is 1. The molecule has 1 aromatic heterocycles. The Morgan fingerprint density at radius 3 is 2.37 bits per heavy atom. The minimum absolute atomic E-state index is 0.216. The van der Waals surface area contributed by atoms with Crippen LogP contribution in [0.15, 0.2) is 30.3 Å². The van der Waals surface area contributed by atoms with Gasteiger partial charge in [-0.3, -0.25) is 10.8 Å². The number of nitrogens with one attached hydrogen (secondary N) is 1. The number of aromatic nitrogens is 1. The molecule has 0 spiro atoms. The molecule has 2 rings (SSSR count). The van der Waals surface area contributed by atoms with Crippen molar-refractivity contribution in [1.82, 2.24) is 10.4 Å². The first-order valence-corrected chi connectivity index (χ1v) is 6.63. The molecule has 0 fully saturated rings. The SMILES string of the molecule is Cc1cc(C(NN)c2cccc(Cl)c2Cl)cc(C)n1. The molecule has 100 valence electrons. The van der Waals surface area contributed by atoms with Crippen molar-refractivity contribution in [2.45, 2.75) is 19.9 Å². The molecule has 1 aromatic carbocycles. The van der Waals surface area contributed by atoms with Crippen LogP contribution in [0.3, 0.4) is 0 Å². The quantitative estimate of drug-likeness (QED) is 0.672. The van der Waals surface area contributed by atoms with Crippen LogP contribution < -0.4 is 11.3 Å². The van der Waals surface area contributed by atoms with E-state index in [1.807, 2.05) is 38.1 Å². The highest BCUT2D eigenvalue weighted by Crippen LogP contribution is 2.33. The molecule has 0 aliphatic rings. The Hall–Kier alpha value is -1.13. The number of pyridine rings is 1. The fraction of sp³-hybridized carbons (Fsp3) is 0.214. The van der Waals surface area contributed by atoms with Crippen molar-refractivity contribution in [3.63, 3.8) is 0 Å². The zero-order chi connectivity index (χ0) is 14.0. The predicted octanol–water partition coefficient (Wildman–Crippen LogP) is 3.56. The van der Waals surface area contributed by atoms with Crippen LogP contribution in [0, 0.1) is 13.8 Å². The largest absolute Gasteiger partial charge is 0.271 e. The number of nitrogens with zero attached hydrogens (tertiary/aromatic N) is 1. The molecule has 1 unspecified atom stereocenters. The average Bonchev–Trinajstić information content (AvgIpc) is 2.34. The van der Waals surface area contributed by atoms with E-state index in [1.54, 1.807) is 6.07 Å². The lowest BCUT2D eigenvalue weighted by Gasteiger charge is -2.19. The van der Waals surface area contributed by atoms with Crippen LogP contribution in [0.1, 0.15) is 28.6 Å². The van der Waals surface area contributed by atoms with Gasteiger partial charge in [0.25, 0.3) is 0 Å². The second-order valence-electron chi connectivity index (χ2n) is 4.43. The number of nitrogens with two attached hydrogens (primary N) is 1. The molecular weight excluding hydrogens is 281 g/mol. The summed E-state index contributed by atoms with van der Waals surface area (Å²) in [4.78, 5) is 4.36. The summed E-state index contributed by atoms with van der Waals surface area (Å²) in [6, 6.07) is 9.26. The summed E-state index contributed by atoms with van der Waals surface area (Å²) in [6.45, 7) is 3.90. The van der Waals surface area contributed by atoms with Gasteiger partial charge in [0.2, 0.25) is 0 Å². The Balaban J connectivity index is 2.53. The zero-order valence-electron chi connectivity index (χ0n) is 10.7. The smallest absolute Gasteiger partial charge is 0.0726 e. The van der Waals surface area contributed by atoms with Crippen molar-refractivity contribution in [3.05, 3.63) is 62.9 Å². The van der Waals surface area contributed by atoms with Crippen molar-refractivity contribution >= 4 is 23.2 Å². The van der Waals surface area contributed by atoms with E-state index in [4.69, 9.17) is 29.0 Å². The van der Waals surface area contributed by atoms with Crippen molar-refractivity contribution in [2.24, 2.45) is 5.84 Å². The molecule has 19 heavy (non-hydrogen) atoms. The van der Waals surface area contributed by atoms with Crippen molar-refractivity contribution in [3.8, 4) is 0 Å². The van der Waals surface area contributed by atoms with Crippen LogP contribution in [-0.2, 0) is 0 Å². The van der Waals surface area contributed by atoms with Gasteiger partial charge in [-0.15, -0.1) is 0 Å². The number of hydrogen-bond donors (Lipinski definition) is 2. The molecule has 0 amide bonds. The molecule has 1 atom stereocenters. The molecule has 0 bridgehead atoms. The highest BCUT2D eigenvalue weighted by atomic mass is 35.5. The van der Waals surface area contributed by atoms with E-state index < -0.39 is 0 Å². The molecular formula is C14H15Cl2N3. The zero-order valence-corrected chi connectivity index (χ0v) is 12.3. The van der Waals surface area contributed by atoms with Gasteiger partial charge in [0.15, 0.2) is 0 Å². The van der Waals surface area contributed by atoms with E-state index in [0.717, 1.165) is 22.5 Å². The summed E-state index contributed by atoms with van der Waals surface area (Å²) >= 11 is 12.3. The number of rotatable bonds is 3. The predicted molar refractivity (Wildman–Crippen MR) is 79.3 cm³/mol. The van der Waals surface area contributed by atoms with Gasteiger partial charge in [-0.1, -0.05) is 35.3 Å². The molecule has 2 aromatic rings. The Kier molecular flexibility index (Phi) is 4.42. The van der Waals surface area contributed by atoms with Crippen molar-refractivity contribution in [2.75, 3.05) is 0 Å². The monoisotopic (exact) mass is 295 g/mol. The van der Waals surface area contributed by atoms with Crippen molar-refractivity contribution in [1.29, 1.82) is 0 Å². The van der Waals surface area contributed by atoms with Gasteiger partial charge in [-0.25, -0.2) is 5.43 Å². The fourth-order valence-corrected chi connectivity index (χ4v) is 2.56. The normalized spacial score (nSPS) is 12.5. The van der Waals surface area contributed by atoms with Crippen LogP contribution >= 0.6 is 23.2 Å². The van der Waals surface area contributed by atoms with Gasteiger partial charge >= 0.3 is 0 Å². The summed E-state index contributed by atoms with van der Waals surface area (Å²) < 4.78 is 0. The number of halogens is 2. The first kappa shape index (κ1) is 14.3. The third-order valence-corrected chi connectivity index (χ3v) is 3.73. The lowest BCUT2D eigenvalue weighted by Crippen LogP contribution is -2.29. The summed E-state index contributed by atoms with van der Waals surface area (Å²) in [6.07, 6.45) is 0. The minimum atomic E-state index is -0.216. The first-order chi connectivity index (χ1) is 9.02. The lowest BCUT2D eigenvalue weighted by atomic mass is 9.98. The second-order valence-corrected chi connectivity index (χ2v) is 5.21. The standard InChI is InChI=1S/C14H15Cl2N3/c1-8-6-10(7-9(2)18-8)14(19-17)11-4-3-5-12(15)13(11)16/h3-7,14,19H,17H2,1-2H3. The molecule has 0 aliphatic carbocycles. The third kappa shape index (κ3) is 3.07. The molecule has 0 saturated heterocycles. The Morgan fingerprint density at radius 1 is 1.16 bits per heavy atom. The topological polar surface area (TPSA) is 50.9 Å². The van der Waals surface area contributed by atoms with E-state index in [-0.39, 0.29) is 6.04 Å². The van der Waals surface area contributed by atoms with Gasteiger partial charge in [-0.2, -0.15) is 0 Å². The maximum atomic E-state index is 6.25. The van der Waals surface area contributed by atoms with E-state index in [9.17, 15) is 0 Å². The fourth-order valence-electron chi connectivity index (χ4n) is 2.14. The van der Waals surface area contributed by atoms with Crippen LogP contribution in [0.25, 0.3) is 0 Å². The van der Waals surface area contributed by atoms with E-state index in [0.29, 0.717) is 10.0 Å². The second kappa shape index (κ2) is 5.88. The molecule has 0 radical (unpaired) electrons. The van der Waals surface area contributed by atoms with Crippen LogP contribution in [-0.4, -0.2) is 4.98 Å². The summed E-state index contributed by atoms with van der Waals surface area (Å²) in [5, 5.41) is 1.03. The van der Waals surface area contributed by atoms with E-state index in [2.05, 4.69) is 10.4 Å². The van der Waals surface area contributed by atoms with Crippen molar-refractivity contribution < 1.29 is 0 Å². The molecule has 0 saturated carbocycles. The van der Waals surface area contributed by atoms with Gasteiger partial charge in [0.1, 0.15) is 0 Å². The maximum absolute atomic E-state index is 6.25. The summed E-state index contributed by atoms with van der Waals surface area (Å²) in [5.74, 6) is 5.68. The molecule has 3 N–H and O–H groups in total. The highest BCUT2D eigenvalue weighted by Gasteiger charge is 2.17. The highest BCUT2D eigenvalue weighted by molar-refractivity contribution is 6.42. The molecule has 5 heteroatoms. The number of hydrogen-bond acceptors (Lipinski definition) is 3. The van der Waals surface area contributed by atoms with E-state index >= 15 is 0 Å². The van der Waals surface area contributed by atoms with E-state index in [1.165, 1.54) is 0 Å². The number of benzene rings is 1. The molecule has 3 nitrogen and oxygen atoms in total. The number of aryl methyl sites for hydroxylation is 2.